The summed E-state index contributed by atoms with van der Waals surface area (Å²) in [6, 6.07) is 17.7. The van der Waals surface area contributed by atoms with Crippen LogP contribution >= 0.6 is 0 Å². The summed E-state index contributed by atoms with van der Waals surface area (Å²) in [7, 11) is -2.48. The molecule has 0 unspecified atom stereocenters. The number of ether oxygens (including phenoxy) is 2. The van der Waals surface area contributed by atoms with Crippen LogP contribution in [-0.2, 0) is 19.6 Å². The largest absolute Gasteiger partial charge is 0.483 e. The molecule has 1 amide bonds. The van der Waals surface area contributed by atoms with Crippen LogP contribution in [0.5, 0.6) is 5.75 Å². The Morgan fingerprint density at radius 2 is 1.52 bits per heavy atom. The third-order valence-electron chi connectivity index (χ3n) is 4.71. The van der Waals surface area contributed by atoms with Crippen LogP contribution in [0.4, 0.5) is 11.4 Å². The van der Waals surface area contributed by atoms with Crippen LogP contribution in [0.2, 0.25) is 0 Å². The minimum absolute atomic E-state index is 0.0862. The lowest BCUT2D eigenvalue weighted by atomic mass is 10.2. The zero-order valence-corrected chi connectivity index (χ0v) is 19.2. The van der Waals surface area contributed by atoms with E-state index in [4.69, 9.17) is 4.74 Å². The number of nitrogens with one attached hydrogen (secondary N) is 2. The molecule has 0 fully saturated rings. The molecule has 33 heavy (non-hydrogen) atoms. The molecule has 0 bridgehead atoms. The number of hydrogen-bond donors (Lipinski definition) is 2. The fourth-order valence-corrected chi connectivity index (χ4v) is 4.08. The minimum atomic E-state index is -3.77. The summed E-state index contributed by atoms with van der Waals surface area (Å²) < 4.78 is 38.0. The molecule has 8 nitrogen and oxygen atoms in total. The van der Waals surface area contributed by atoms with E-state index in [9.17, 15) is 18.0 Å². The van der Waals surface area contributed by atoms with E-state index < -0.39 is 21.9 Å². The van der Waals surface area contributed by atoms with Crippen molar-refractivity contribution in [1.82, 2.24) is 0 Å². The van der Waals surface area contributed by atoms with Gasteiger partial charge in [-0.3, -0.25) is 9.52 Å². The summed E-state index contributed by atoms with van der Waals surface area (Å²) in [6.45, 7) is 3.35. The SMILES string of the molecule is COC(=O)c1ccc(NC(=O)COc2ccc(S(=O)(=O)Nc3ccc(C)cc3)cc2C)cc1. The number of aryl methyl sites for hydroxylation is 2. The van der Waals surface area contributed by atoms with E-state index in [0.717, 1.165) is 5.56 Å². The molecule has 3 aromatic carbocycles. The number of esters is 1. The molecule has 0 aliphatic rings. The van der Waals surface area contributed by atoms with Gasteiger partial charge in [0.1, 0.15) is 5.75 Å². The van der Waals surface area contributed by atoms with Crippen LogP contribution in [-0.4, -0.2) is 34.0 Å². The lowest BCUT2D eigenvalue weighted by Crippen LogP contribution is -2.20. The number of benzene rings is 3. The summed E-state index contributed by atoms with van der Waals surface area (Å²) in [5.41, 5.74) is 2.93. The van der Waals surface area contributed by atoms with Crippen molar-refractivity contribution in [3.8, 4) is 5.75 Å². The van der Waals surface area contributed by atoms with Gasteiger partial charge in [-0.2, -0.15) is 0 Å². The van der Waals surface area contributed by atoms with Crippen molar-refractivity contribution < 1.29 is 27.5 Å². The Balaban J connectivity index is 1.60. The average Bonchev–Trinajstić information content (AvgIpc) is 2.79. The molecular formula is C24H24N2O6S. The maximum Gasteiger partial charge on any atom is 0.337 e. The van der Waals surface area contributed by atoms with E-state index in [1.165, 1.54) is 37.4 Å². The van der Waals surface area contributed by atoms with E-state index in [1.54, 1.807) is 31.2 Å². The van der Waals surface area contributed by atoms with Gasteiger partial charge in [-0.15, -0.1) is 0 Å². The molecule has 3 rings (SSSR count). The fraction of sp³-hybridized carbons (Fsp3) is 0.167. The van der Waals surface area contributed by atoms with Crippen molar-refractivity contribution in [2.45, 2.75) is 18.7 Å². The van der Waals surface area contributed by atoms with Crippen LogP contribution in [0.25, 0.3) is 0 Å². The highest BCUT2D eigenvalue weighted by Crippen LogP contribution is 2.24. The highest BCUT2D eigenvalue weighted by molar-refractivity contribution is 7.92. The van der Waals surface area contributed by atoms with Crippen LogP contribution in [0.15, 0.2) is 71.6 Å². The number of carbonyl (C=O) groups excluding carboxylic acids is 2. The zero-order chi connectivity index (χ0) is 24.0. The van der Waals surface area contributed by atoms with Crippen molar-refractivity contribution >= 4 is 33.3 Å². The van der Waals surface area contributed by atoms with E-state index in [1.807, 2.05) is 19.1 Å². The second-order valence-corrected chi connectivity index (χ2v) is 8.99. The van der Waals surface area contributed by atoms with Gasteiger partial charge in [0, 0.05) is 11.4 Å². The van der Waals surface area contributed by atoms with Crippen molar-refractivity contribution in [1.29, 1.82) is 0 Å². The first-order valence-corrected chi connectivity index (χ1v) is 11.5. The number of anilines is 2. The first kappa shape index (κ1) is 23.8. The third-order valence-corrected chi connectivity index (χ3v) is 6.09. The van der Waals surface area contributed by atoms with E-state index in [0.29, 0.717) is 28.3 Å². The van der Waals surface area contributed by atoms with Crippen molar-refractivity contribution in [3.63, 3.8) is 0 Å². The van der Waals surface area contributed by atoms with E-state index in [2.05, 4.69) is 14.8 Å². The summed E-state index contributed by atoms with van der Waals surface area (Å²) in [5.74, 6) is -0.482. The van der Waals surface area contributed by atoms with Gasteiger partial charge in [0.2, 0.25) is 0 Å². The van der Waals surface area contributed by atoms with Gasteiger partial charge < -0.3 is 14.8 Å². The van der Waals surface area contributed by atoms with Gasteiger partial charge in [0.05, 0.1) is 17.6 Å². The summed E-state index contributed by atoms with van der Waals surface area (Å²) in [6.07, 6.45) is 0. The van der Waals surface area contributed by atoms with Gasteiger partial charge in [0.25, 0.3) is 15.9 Å². The maximum absolute atomic E-state index is 12.7. The highest BCUT2D eigenvalue weighted by atomic mass is 32.2. The molecule has 0 saturated heterocycles. The van der Waals surface area contributed by atoms with Gasteiger partial charge in [-0.25, -0.2) is 13.2 Å². The predicted molar refractivity (Wildman–Crippen MR) is 125 cm³/mol. The molecule has 0 spiro atoms. The Hall–Kier alpha value is -3.85. The van der Waals surface area contributed by atoms with Gasteiger partial charge in [-0.05, 0) is 74.0 Å². The molecule has 0 aromatic heterocycles. The van der Waals surface area contributed by atoms with Crippen LogP contribution in [0, 0.1) is 13.8 Å². The number of hydrogen-bond acceptors (Lipinski definition) is 6. The number of carbonyl (C=O) groups is 2. The quantitative estimate of drug-likeness (QED) is 0.485. The molecule has 9 heteroatoms. The Bertz CT molecular complexity index is 1250. The predicted octanol–water partition coefficient (Wildman–Crippen LogP) is 3.91. The van der Waals surface area contributed by atoms with Crippen molar-refractivity contribution in [3.05, 3.63) is 83.4 Å². The lowest BCUT2D eigenvalue weighted by Gasteiger charge is -2.12. The number of amides is 1. The first-order chi connectivity index (χ1) is 15.7. The van der Waals surface area contributed by atoms with Gasteiger partial charge in [0.15, 0.2) is 6.61 Å². The minimum Gasteiger partial charge on any atom is -0.483 e. The lowest BCUT2D eigenvalue weighted by molar-refractivity contribution is -0.118. The Morgan fingerprint density at radius 3 is 2.12 bits per heavy atom. The summed E-state index contributed by atoms with van der Waals surface area (Å²) >= 11 is 0. The molecular weight excluding hydrogens is 444 g/mol. The average molecular weight is 469 g/mol. The number of sulfonamides is 1. The van der Waals surface area contributed by atoms with Crippen LogP contribution in [0.3, 0.4) is 0 Å². The second-order valence-electron chi connectivity index (χ2n) is 7.30. The molecule has 0 atom stereocenters. The number of rotatable bonds is 8. The molecule has 0 aliphatic carbocycles. The molecule has 0 saturated carbocycles. The smallest absolute Gasteiger partial charge is 0.337 e. The van der Waals surface area contributed by atoms with Crippen LogP contribution in [0.1, 0.15) is 21.5 Å². The van der Waals surface area contributed by atoms with Crippen molar-refractivity contribution in [2.24, 2.45) is 0 Å². The monoisotopic (exact) mass is 468 g/mol. The van der Waals surface area contributed by atoms with Gasteiger partial charge in [-0.1, -0.05) is 17.7 Å². The third kappa shape index (κ3) is 6.33. The highest BCUT2D eigenvalue weighted by Gasteiger charge is 2.16. The Kier molecular flexibility index (Phi) is 7.34. The molecule has 172 valence electrons. The second kappa shape index (κ2) is 10.2. The molecule has 0 aliphatic heterocycles. The number of methoxy groups -OCH3 is 1. The maximum atomic E-state index is 12.7. The molecule has 3 aromatic rings. The normalized spacial score (nSPS) is 10.9. The molecule has 2 N–H and O–H groups in total. The van der Waals surface area contributed by atoms with Crippen LogP contribution < -0.4 is 14.8 Å². The Morgan fingerprint density at radius 1 is 0.879 bits per heavy atom. The molecule has 0 heterocycles. The standard InChI is InChI=1S/C24H24N2O6S/c1-16-4-8-20(9-5-16)26-33(29,30)21-12-13-22(17(2)14-21)32-15-23(27)25-19-10-6-18(7-11-19)24(28)31-3/h4-14,26H,15H2,1-3H3,(H,25,27). The zero-order valence-electron chi connectivity index (χ0n) is 18.4. The summed E-state index contributed by atoms with van der Waals surface area (Å²) in [5, 5.41) is 2.66. The Labute approximate surface area is 192 Å². The van der Waals surface area contributed by atoms with Crippen molar-refractivity contribution in [2.75, 3.05) is 23.8 Å². The van der Waals surface area contributed by atoms with E-state index in [-0.39, 0.29) is 11.5 Å². The fourth-order valence-electron chi connectivity index (χ4n) is 2.93. The van der Waals surface area contributed by atoms with E-state index >= 15 is 0 Å². The summed E-state index contributed by atoms with van der Waals surface area (Å²) in [4.78, 5) is 23.7. The molecule has 0 radical (unpaired) electrons. The topological polar surface area (TPSA) is 111 Å². The van der Waals surface area contributed by atoms with Gasteiger partial charge >= 0.3 is 5.97 Å². The first-order valence-electron chi connectivity index (χ1n) is 9.99.